The lowest BCUT2D eigenvalue weighted by atomic mass is 10.1. The molecule has 5 nitrogen and oxygen atoms in total. The van der Waals surface area contributed by atoms with E-state index in [-0.39, 0.29) is 11.5 Å². The van der Waals surface area contributed by atoms with Crippen LogP contribution in [0.15, 0.2) is 23.1 Å². The highest BCUT2D eigenvalue weighted by Crippen LogP contribution is 2.29. The summed E-state index contributed by atoms with van der Waals surface area (Å²) in [7, 11) is -3.48. The minimum absolute atomic E-state index is 0.228. The highest BCUT2D eigenvalue weighted by atomic mass is 32.2. The van der Waals surface area contributed by atoms with Gasteiger partial charge in [0.15, 0.2) is 0 Å². The Labute approximate surface area is 126 Å². The Balaban J connectivity index is 2.28. The zero-order chi connectivity index (χ0) is 15.5. The van der Waals surface area contributed by atoms with Crippen molar-refractivity contribution in [2.75, 3.05) is 19.7 Å². The molecule has 0 radical (unpaired) electrons. The van der Waals surface area contributed by atoms with Crippen molar-refractivity contribution in [1.82, 2.24) is 4.31 Å². The highest BCUT2D eigenvalue weighted by molar-refractivity contribution is 7.89. The number of aliphatic hydroxyl groups is 1. The summed E-state index contributed by atoms with van der Waals surface area (Å²) in [6, 6.07) is 4.69. The number of hydrogen-bond acceptors (Lipinski definition) is 4. The predicted octanol–water partition coefficient (Wildman–Crippen LogP) is 2.00. The Bertz CT molecular complexity index is 585. The molecule has 1 N–H and O–H groups in total. The van der Waals surface area contributed by atoms with Gasteiger partial charge in [0.2, 0.25) is 10.0 Å². The molecule has 0 aromatic heterocycles. The largest absolute Gasteiger partial charge is 0.494 e. The highest BCUT2D eigenvalue weighted by Gasteiger charge is 2.32. The van der Waals surface area contributed by atoms with E-state index < -0.39 is 10.0 Å². The van der Waals surface area contributed by atoms with Crippen LogP contribution in [0.3, 0.4) is 0 Å². The quantitative estimate of drug-likeness (QED) is 0.872. The number of hydrogen-bond donors (Lipinski definition) is 1. The smallest absolute Gasteiger partial charge is 0.243 e. The first kappa shape index (κ1) is 16.3. The van der Waals surface area contributed by atoms with Crippen LogP contribution in [-0.4, -0.2) is 37.5 Å². The lowest BCUT2D eigenvalue weighted by Crippen LogP contribution is -2.29. The van der Waals surface area contributed by atoms with Gasteiger partial charge in [0.05, 0.1) is 18.1 Å². The zero-order valence-electron chi connectivity index (χ0n) is 12.6. The van der Waals surface area contributed by atoms with E-state index in [1.807, 2.05) is 6.92 Å². The topological polar surface area (TPSA) is 66.8 Å². The second-order valence-corrected chi connectivity index (χ2v) is 7.22. The second kappa shape index (κ2) is 6.77. The predicted molar refractivity (Wildman–Crippen MR) is 80.7 cm³/mol. The monoisotopic (exact) mass is 313 g/mol. The molecule has 1 aliphatic heterocycles. The number of rotatable bonds is 6. The molecular weight excluding hydrogens is 290 g/mol. The van der Waals surface area contributed by atoms with E-state index >= 15 is 0 Å². The number of sulfonamides is 1. The van der Waals surface area contributed by atoms with E-state index in [0.717, 1.165) is 12.8 Å². The molecule has 1 unspecified atom stereocenters. The van der Waals surface area contributed by atoms with Crippen LogP contribution in [0.25, 0.3) is 0 Å². The molecule has 1 fully saturated rings. The molecule has 6 heteroatoms. The third-order valence-electron chi connectivity index (χ3n) is 3.97. The van der Waals surface area contributed by atoms with Crippen LogP contribution in [0.5, 0.6) is 5.75 Å². The maximum absolute atomic E-state index is 12.6. The molecule has 2 rings (SSSR count). The fraction of sp³-hybridized carbons (Fsp3) is 0.600. The number of benzene rings is 1. The Morgan fingerprint density at radius 1 is 1.38 bits per heavy atom. The van der Waals surface area contributed by atoms with Crippen molar-refractivity contribution in [1.29, 1.82) is 0 Å². The molecule has 1 saturated heterocycles. The van der Waals surface area contributed by atoms with Gasteiger partial charge in [0.1, 0.15) is 5.75 Å². The standard InChI is InChI=1S/C15H23NO4S/c1-3-12-7-8-16(10-12)21(18,19)14-5-6-15(20-4-2)13(9-14)11-17/h5-6,9,12,17H,3-4,7-8,10-11H2,1-2H3. The second-order valence-electron chi connectivity index (χ2n) is 5.29. The minimum atomic E-state index is -3.48. The van der Waals surface area contributed by atoms with E-state index in [9.17, 15) is 13.5 Å². The van der Waals surface area contributed by atoms with Crippen LogP contribution in [0.1, 0.15) is 32.3 Å². The van der Waals surface area contributed by atoms with Gasteiger partial charge in [-0.1, -0.05) is 13.3 Å². The first-order valence-corrected chi connectivity index (χ1v) is 8.83. The molecule has 21 heavy (non-hydrogen) atoms. The first-order valence-electron chi connectivity index (χ1n) is 7.39. The summed E-state index contributed by atoms with van der Waals surface area (Å²) in [5.74, 6) is 0.978. The number of aliphatic hydroxyl groups excluding tert-OH is 1. The SMILES string of the molecule is CCOc1ccc(S(=O)(=O)N2CCC(CC)C2)cc1CO. The maximum atomic E-state index is 12.6. The summed E-state index contributed by atoms with van der Waals surface area (Å²) in [6.45, 7) is 5.32. The summed E-state index contributed by atoms with van der Waals surface area (Å²) in [6.07, 6.45) is 1.91. The molecule has 118 valence electrons. The van der Waals surface area contributed by atoms with Crippen molar-refractivity contribution >= 4 is 10.0 Å². The summed E-state index contributed by atoms with van der Waals surface area (Å²) in [5.41, 5.74) is 0.504. The molecule has 1 aliphatic rings. The van der Waals surface area contributed by atoms with Crippen LogP contribution < -0.4 is 4.74 Å². The Kier molecular flexibility index (Phi) is 5.24. The van der Waals surface area contributed by atoms with Crippen LogP contribution in [0, 0.1) is 5.92 Å². The van der Waals surface area contributed by atoms with Gasteiger partial charge in [0.25, 0.3) is 0 Å². The van der Waals surface area contributed by atoms with Crippen LogP contribution >= 0.6 is 0 Å². The van der Waals surface area contributed by atoms with Crippen molar-refractivity contribution in [3.8, 4) is 5.75 Å². The third kappa shape index (κ3) is 3.39. The summed E-state index contributed by atoms with van der Waals surface area (Å²) in [5, 5.41) is 9.39. The average Bonchev–Trinajstić information content (AvgIpc) is 2.97. The molecule has 1 aromatic rings. The average molecular weight is 313 g/mol. The lowest BCUT2D eigenvalue weighted by Gasteiger charge is -2.18. The van der Waals surface area contributed by atoms with Crippen molar-refractivity contribution in [2.24, 2.45) is 5.92 Å². The Morgan fingerprint density at radius 3 is 2.71 bits per heavy atom. The molecule has 0 spiro atoms. The van der Waals surface area contributed by atoms with E-state index in [4.69, 9.17) is 4.74 Å². The summed E-state index contributed by atoms with van der Waals surface area (Å²) in [4.78, 5) is 0.228. The molecular formula is C15H23NO4S. The summed E-state index contributed by atoms with van der Waals surface area (Å²) < 4.78 is 32.2. The van der Waals surface area contributed by atoms with E-state index in [0.29, 0.717) is 36.9 Å². The van der Waals surface area contributed by atoms with E-state index in [1.54, 1.807) is 12.1 Å². The minimum Gasteiger partial charge on any atom is -0.494 e. The molecule has 1 heterocycles. The van der Waals surface area contributed by atoms with Crippen LogP contribution in [0.4, 0.5) is 0 Å². The normalized spacial score (nSPS) is 19.9. The maximum Gasteiger partial charge on any atom is 0.243 e. The zero-order valence-corrected chi connectivity index (χ0v) is 13.4. The van der Waals surface area contributed by atoms with Crippen LogP contribution in [-0.2, 0) is 16.6 Å². The fourth-order valence-corrected chi connectivity index (χ4v) is 4.22. The number of nitrogens with zero attached hydrogens (tertiary/aromatic N) is 1. The van der Waals surface area contributed by atoms with Gasteiger partial charge < -0.3 is 9.84 Å². The van der Waals surface area contributed by atoms with Gasteiger partial charge in [-0.2, -0.15) is 4.31 Å². The van der Waals surface area contributed by atoms with Crippen molar-refractivity contribution in [3.05, 3.63) is 23.8 Å². The van der Waals surface area contributed by atoms with E-state index in [2.05, 4.69) is 6.92 Å². The number of ether oxygens (including phenoxy) is 1. The first-order chi connectivity index (χ1) is 10.0. The Hall–Kier alpha value is -1.11. The van der Waals surface area contributed by atoms with Gasteiger partial charge in [-0.3, -0.25) is 0 Å². The Morgan fingerprint density at radius 2 is 2.14 bits per heavy atom. The molecule has 0 saturated carbocycles. The summed E-state index contributed by atoms with van der Waals surface area (Å²) >= 11 is 0. The van der Waals surface area contributed by atoms with Gasteiger partial charge in [-0.15, -0.1) is 0 Å². The third-order valence-corrected chi connectivity index (χ3v) is 5.83. The van der Waals surface area contributed by atoms with Crippen molar-refractivity contribution in [2.45, 2.75) is 38.2 Å². The molecule has 1 aromatic carbocycles. The fourth-order valence-electron chi connectivity index (χ4n) is 2.63. The van der Waals surface area contributed by atoms with Crippen molar-refractivity contribution < 1.29 is 18.3 Å². The molecule has 0 bridgehead atoms. The molecule has 0 aliphatic carbocycles. The lowest BCUT2D eigenvalue weighted by molar-refractivity contribution is 0.266. The molecule has 1 atom stereocenters. The van der Waals surface area contributed by atoms with Crippen LogP contribution in [0.2, 0.25) is 0 Å². The van der Waals surface area contributed by atoms with Gasteiger partial charge in [-0.05, 0) is 37.5 Å². The van der Waals surface area contributed by atoms with Gasteiger partial charge in [0, 0.05) is 18.7 Å². The van der Waals surface area contributed by atoms with Gasteiger partial charge in [-0.25, -0.2) is 8.42 Å². The van der Waals surface area contributed by atoms with Crippen molar-refractivity contribution in [3.63, 3.8) is 0 Å². The van der Waals surface area contributed by atoms with Gasteiger partial charge >= 0.3 is 0 Å². The molecule has 0 amide bonds. The van der Waals surface area contributed by atoms with E-state index in [1.165, 1.54) is 10.4 Å².